The van der Waals surface area contributed by atoms with E-state index >= 15 is 0 Å². The fraction of sp³-hybridized carbons (Fsp3) is 0.429. The van der Waals surface area contributed by atoms with Gasteiger partial charge in [0.05, 0.1) is 0 Å². The number of hydrogen-bond acceptors (Lipinski definition) is 3. The minimum Gasteiger partial charge on any atom is -0.371 e. The van der Waals surface area contributed by atoms with Crippen LogP contribution in [0.4, 0.5) is 5.69 Å². The van der Waals surface area contributed by atoms with E-state index in [1.165, 1.54) is 11.8 Å². The van der Waals surface area contributed by atoms with Gasteiger partial charge < -0.3 is 14.4 Å². The lowest BCUT2D eigenvalue weighted by Gasteiger charge is -2.23. The molecule has 0 aliphatic carbocycles. The Hall–Kier alpha value is -2.56. The fourth-order valence-electron chi connectivity index (χ4n) is 3.65. The molecular weight excluding hydrogens is 326 g/mol. The van der Waals surface area contributed by atoms with Crippen LogP contribution in [0.3, 0.4) is 0 Å². The van der Waals surface area contributed by atoms with E-state index in [0.717, 1.165) is 31.7 Å². The molecule has 138 valence electrons. The summed E-state index contributed by atoms with van der Waals surface area (Å²) in [4.78, 5) is 28.6. The number of pyridine rings is 1. The highest BCUT2D eigenvalue weighted by atomic mass is 16.2. The van der Waals surface area contributed by atoms with Gasteiger partial charge in [0.2, 0.25) is 5.91 Å². The molecule has 1 aromatic carbocycles. The highest BCUT2D eigenvalue weighted by Crippen LogP contribution is 2.24. The molecule has 1 aliphatic heterocycles. The molecule has 0 N–H and O–H groups in total. The Kier molecular flexibility index (Phi) is 5.76. The van der Waals surface area contributed by atoms with Crippen LogP contribution in [0, 0.1) is 12.8 Å². The molecule has 0 radical (unpaired) electrons. The zero-order valence-electron chi connectivity index (χ0n) is 15.6. The van der Waals surface area contributed by atoms with E-state index in [2.05, 4.69) is 29.2 Å². The van der Waals surface area contributed by atoms with E-state index in [1.54, 1.807) is 10.6 Å². The summed E-state index contributed by atoms with van der Waals surface area (Å²) in [5, 5.41) is 0. The second-order valence-corrected chi connectivity index (χ2v) is 7.12. The van der Waals surface area contributed by atoms with E-state index in [4.69, 9.17) is 0 Å². The molecule has 5 heteroatoms. The van der Waals surface area contributed by atoms with Gasteiger partial charge >= 0.3 is 0 Å². The number of para-hydroxylation sites is 1. The second kappa shape index (κ2) is 8.21. The summed E-state index contributed by atoms with van der Waals surface area (Å²) in [5.41, 5.74) is 2.10. The molecule has 2 heterocycles. The SMILES string of the molecule is Cc1cccc(=O)n1CCC(=O)N(C)C[C@H]1CCN(c2ccccc2)C1. The van der Waals surface area contributed by atoms with Crippen LogP contribution in [-0.4, -0.2) is 42.1 Å². The Morgan fingerprint density at radius 3 is 2.65 bits per heavy atom. The molecular formula is C21H27N3O2. The number of benzene rings is 1. The van der Waals surface area contributed by atoms with Gasteiger partial charge in [-0.25, -0.2) is 0 Å². The standard InChI is InChI=1S/C21H27N3O2/c1-17-7-6-10-21(26)24(17)14-12-20(25)22(2)15-18-11-13-23(16-18)19-8-4-3-5-9-19/h3-10,18H,11-16H2,1-2H3/t18-/m1/s1. The number of nitrogens with zero attached hydrogens (tertiary/aromatic N) is 3. The Bertz CT molecular complexity index is 800. The number of aromatic nitrogens is 1. The molecule has 0 spiro atoms. The molecule has 5 nitrogen and oxygen atoms in total. The van der Waals surface area contributed by atoms with E-state index in [0.29, 0.717) is 18.9 Å². The average molecular weight is 353 g/mol. The first-order valence-electron chi connectivity index (χ1n) is 9.25. The first kappa shape index (κ1) is 18.2. The third-order valence-corrected chi connectivity index (χ3v) is 5.18. The van der Waals surface area contributed by atoms with E-state index < -0.39 is 0 Å². The van der Waals surface area contributed by atoms with Crippen molar-refractivity contribution < 1.29 is 4.79 Å². The van der Waals surface area contributed by atoms with Crippen LogP contribution >= 0.6 is 0 Å². The van der Waals surface area contributed by atoms with Gasteiger partial charge in [-0.1, -0.05) is 24.3 Å². The summed E-state index contributed by atoms with van der Waals surface area (Å²) in [6.45, 7) is 5.13. The van der Waals surface area contributed by atoms with Crippen molar-refractivity contribution in [3.8, 4) is 0 Å². The van der Waals surface area contributed by atoms with Crippen molar-refractivity contribution in [2.24, 2.45) is 5.92 Å². The van der Waals surface area contributed by atoms with Crippen LogP contribution in [0.2, 0.25) is 0 Å². The lowest BCUT2D eigenvalue weighted by Crippen LogP contribution is -2.34. The first-order valence-corrected chi connectivity index (χ1v) is 9.25. The van der Waals surface area contributed by atoms with E-state index in [1.807, 2.05) is 31.0 Å². The number of carbonyl (C=O) groups excluding carboxylic acids is 1. The maximum Gasteiger partial charge on any atom is 0.250 e. The Morgan fingerprint density at radius 2 is 1.92 bits per heavy atom. The number of rotatable bonds is 6. The van der Waals surface area contributed by atoms with Crippen LogP contribution in [0.25, 0.3) is 0 Å². The lowest BCUT2D eigenvalue weighted by molar-refractivity contribution is -0.130. The van der Waals surface area contributed by atoms with E-state index in [9.17, 15) is 9.59 Å². The van der Waals surface area contributed by atoms with Gasteiger partial charge in [0, 0.05) is 57.1 Å². The van der Waals surface area contributed by atoms with Crippen molar-refractivity contribution in [3.63, 3.8) is 0 Å². The van der Waals surface area contributed by atoms with Crippen molar-refractivity contribution in [3.05, 3.63) is 64.6 Å². The molecule has 1 aromatic heterocycles. The minimum atomic E-state index is -0.0465. The fourth-order valence-corrected chi connectivity index (χ4v) is 3.65. The predicted molar refractivity (Wildman–Crippen MR) is 104 cm³/mol. The largest absolute Gasteiger partial charge is 0.371 e. The molecule has 1 amide bonds. The molecule has 26 heavy (non-hydrogen) atoms. The van der Waals surface area contributed by atoms with Crippen LogP contribution in [0.1, 0.15) is 18.5 Å². The maximum atomic E-state index is 12.5. The number of anilines is 1. The summed E-state index contributed by atoms with van der Waals surface area (Å²) in [5.74, 6) is 0.587. The van der Waals surface area contributed by atoms with Crippen molar-refractivity contribution in [2.75, 3.05) is 31.6 Å². The maximum absolute atomic E-state index is 12.5. The second-order valence-electron chi connectivity index (χ2n) is 7.12. The molecule has 0 saturated carbocycles. The summed E-state index contributed by atoms with van der Waals surface area (Å²) in [6.07, 6.45) is 1.46. The van der Waals surface area contributed by atoms with Gasteiger partial charge in [0.1, 0.15) is 0 Å². The number of amides is 1. The molecule has 0 bridgehead atoms. The third kappa shape index (κ3) is 4.34. The van der Waals surface area contributed by atoms with Crippen molar-refractivity contribution in [2.45, 2.75) is 26.3 Å². The van der Waals surface area contributed by atoms with Gasteiger partial charge in [-0.2, -0.15) is 0 Å². The number of aryl methyl sites for hydroxylation is 1. The lowest BCUT2D eigenvalue weighted by atomic mass is 10.1. The summed E-state index contributed by atoms with van der Waals surface area (Å²) < 4.78 is 1.67. The van der Waals surface area contributed by atoms with Crippen LogP contribution in [0.15, 0.2) is 53.3 Å². The predicted octanol–water partition coefficient (Wildman–Crippen LogP) is 2.53. The van der Waals surface area contributed by atoms with Crippen molar-refractivity contribution >= 4 is 11.6 Å². The number of carbonyl (C=O) groups is 1. The monoisotopic (exact) mass is 353 g/mol. The molecule has 1 aliphatic rings. The zero-order valence-corrected chi connectivity index (χ0v) is 15.6. The summed E-state index contributed by atoms with van der Waals surface area (Å²) >= 11 is 0. The normalized spacial score (nSPS) is 16.7. The van der Waals surface area contributed by atoms with Crippen LogP contribution in [0.5, 0.6) is 0 Å². The molecule has 1 fully saturated rings. The first-order chi connectivity index (χ1) is 12.5. The molecule has 1 saturated heterocycles. The van der Waals surface area contributed by atoms with Gasteiger partial charge in [-0.3, -0.25) is 9.59 Å². The van der Waals surface area contributed by atoms with Gasteiger partial charge in [-0.05, 0) is 37.5 Å². The summed E-state index contributed by atoms with van der Waals surface area (Å²) in [7, 11) is 1.87. The minimum absolute atomic E-state index is 0.0465. The number of hydrogen-bond donors (Lipinski definition) is 0. The van der Waals surface area contributed by atoms with Crippen LogP contribution in [-0.2, 0) is 11.3 Å². The molecule has 0 unspecified atom stereocenters. The Morgan fingerprint density at radius 1 is 1.15 bits per heavy atom. The highest BCUT2D eigenvalue weighted by molar-refractivity contribution is 5.75. The van der Waals surface area contributed by atoms with Crippen LogP contribution < -0.4 is 10.5 Å². The quantitative estimate of drug-likeness (QED) is 0.802. The zero-order chi connectivity index (χ0) is 18.5. The highest BCUT2D eigenvalue weighted by Gasteiger charge is 2.25. The topological polar surface area (TPSA) is 45.6 Å². The van der Waals surface area contributed by atoms with Gasteiger partial charge in [0.25, 0.3) is 5.56 Å². The van der Waals surface area contributed by atoms with Crippen molar-refractivity contribution in [1.29, 1.82) is 0 Å². The Balaban J connectivity index is 1.50. The molecule has 1 atom stereocenters. The molecule has 2 aromatic rings. The van der Waals surface area contributed by atoms with Gasteiger partial charge in [-0.15, -0.1) is 0 Å². The summed E-state index contributed by atoms with van der Waals surface area (Å²) in [6, 6.07) is 15.6. The van der Waals surface area contributed by atoms with Crippen molar-refractivity contribution in [1.82, 2.24) is 9.47 Å². The van der Waals surface area contributed by atoms with Gasteiger partial charge in [0.15, 0.2) is 0 Å². The van der Waals surface area contributed by atoms with E-state index in [-0.39, 0.29) is 11.5 Å². The smallest absolute Gasteiger partial charge is 0.250 e. The third-order valence-electron chi connectivity index (χ3n) is 5.18. The average Bonchev–Trinajstić information content (AvgIpc) is 3.10. The molecule has 3 rings (SSSR count). The Labute approximate surface area is 154 Å².